The SMILES string of the molecule is CC(C)(C)OC(=O)NCCCCCCOc1cc(N)ccc1N. The van der Waals surface area contributed by atoms with Gasteiger partial charge < -0.3 is 26.3 Å². The number of hydrogen-bond donors (Lipinski definition) is 3. The second-order valence-corrected chi connectivity index (χ2v) is 6.49. The molecule has 23 heavy (non-hydrogen) atoms. The number of alkyl carbamates (subject to hydrolysis) is 1. The van der Waals surface area contributed by atoms with Crippen LogP contribution in [0.2, 0.25) is 0 Å². The summed E-state index contributed by atoms with van der Waals surface area (Å²) in [5, 5.41) is 2.75. The number of ether oxygens (including phenoxy) is 2. The van der Waals surface area contributed by atoms with E-state index in [1.807, 2.05) is 20.8 Å². The fraction of sp³-hybridized carbons (Fsp3) is 0.588. The zero-order valence-corrected chi connectivity index (χ0v) is 14.4. The molecule has 0 aliphatic carbocycles. The Kier molecular flexibility index (Phi) is 7.51. The van der Waals surface area contributed by atoms with Crippen LogP contribution in [-0.2, 0) is 4.74 Å². The van der Waals surface area contributed by atoms with Gasteiger partial charge in [-0.3, -0.25) is 0 Å². The van der Waals surface area contributed by atoms with Crippen LogP contribution in [0.5, 0.6) is 5.75 Å². The van der Waals surface area contributed by atoms with Crippen LogP contribution in [0.3, 0.4) is 0 Å². The number of unbranched alkanes of at least 4 members (excludes halogenated alkanes) is 3. The Morgan fingerprint density at radius 3 is 2.52 bits per heavy atom. The average molecular weight is 323 g/mol. The van der Waals surface area contributed by atoms with Crippen molar-refractivity contribution in [3.63, 3.8) is 0 Å². The van der Waals surface area contributed by atoms with E-state index in [-0.39, 0.29) is 6.09 Å². The van der Waals surface area contributed by atoms with Crippen molar-refractivity contribution in [2.75, 3.05) is 24.6 Å². The van der Waals surface area contributed by atoms with E-state index in [1.165, 1.54) is 0 Å². The first kappa shape index (κ1) is 18.9. The number of carbonyl (C=O) groups excluding carboxylic acids is 1. The second kappa shape index (κ2) is 9.12. The number of carbonyl (C=O) groups is 1. The number of nitrogen functional groups attached to an aromatic ring is 2. The molecule has 1 aromatic carbocycles. The molecule has 1 amide bonds. The van der Waals surface area contributed by atoms with E-state index in [0.717, 1.165) is 25.7 Å². The van der Waals surface area contributed by atoms with Crippen LogP contribution in [0.4, 0.5) is 16.2 Å². The highest BCUT2D eigenvalue weighted by molar-refractivity contribution is 5.67. The highest BCUT2D eigenvalue weighted by Gasteiger charge is 2.15. The van der Waals surface area contributed by atoms with Crippen molar-refractivity contribution in [3.05, 3.63) is 18.2 Å². The van der Waals surface area contributed by atoms with Crippen molar-refractivity contribution in [1.29, 1.82) is 0 Å². The summed E-state index contributed by atoms with van der Waals surface area (Å²) in [7, 11) is 0. The third kappa shape index (κ3) is 8.80. The van der Waals surface area contributed by atoms with Gasteiger partial charge in [0.2, 0.25) is 0 Å². The van der Waals surface area contributed by atoms with E-state index in [2.05, 4.69) is 5.32 Å². The molecule has 0 aliphatic heterocycles. The quantitative estimate of drug-likeness (QED) is 0.503. The van der Waals surface area contributed by atoms with E-state index in [1.54, 1.807) is 18.2 Å². The molecule has 0 unspecified atom stereocenters. The van der Waals surface area contributed by atoms with E-state index < -0.39 is 5.60 Å². The summed E-state index contributed by atoms with van der Waals surface area (Å²) in [5.41, 5.74) is 12.3. The van der Waals surface area contributed by atoms with Crippen molar-refractivity contribution in [2.24, 2.45) is 0 Å². The molecule has 1 aromatic rings. The van der Waals surface area contributed by atoms with E-state index >= 15 is 0 Å². The van der Waals surface area contributed by atoms with Crippen LogP contribution in [0.25, 0.3) is 0 Å². The molecule has 0 atom stereocenters. The Hall–Kier alpha value is -2.11. The van der Waals surface area contributed by atoms with Gasteiger partial charge in [-0.1, -0.05) is 12.8 Å². The fourth-order valence-electron chi connectivity index (χ4n) is 1.94. The van der Waals surface area contributed by atoms with Crippen molar-refractivity contribution in [3.8, 4) is 5.75 Å². The summed E-state index contributed by atoms with van der Waals surface area (Å²) in [4.78, 5) is 11.4. The molecule has 130 valence electrons. The second-order valence-electron chi connectivity index (χ2n) is 6.49. The maximum Gasteiger partial charge on any atom is 0.407 e. The van der Waals surface area contributed by atoms with Gasteiger partial charge in [0.05, 0.1) is 12.3 Å². The van der Waals surface area contributed by atoms with Gasteiger partial charge in [-0.05, 0) is 45.7 Å². The molecule has 0 fully saturated rings. The maximum atomic E-state index is 11.4. The first-order valence-electron chi connectivity index (χ1n) is 8.02. The lowest BCUT2D eigenvalue weighted by atomic mass is 10.2. The van der Waals surface area contributed by atoms with Gasteiger partial charge in [0.1, 0.15) is 11.4 Å². The number of nitrogens with one attached hydrogen (secondary N) is 1. The minimum Gasteiger partial charge on any atom is -0.491 e. The van der Waals surface area contributed by atoms with Gasteiger partial charge in [-0.25, -0.2) is 4.79 Å². The van der Waals surface area contributed by atoms with Crippen LogP contribution in [0.1, 0.15) is 46.5 Å². The van der Waals surface area contributed by atoms with E-state index in [0.29, 0.717) is 30.3 Å². The number of anilines is 2. The Labute approximate surface area is 138 Å². The molecule has 0 radical (unpaired) electrons. The van der Waals surface area contributed by atoms with Gasteiger partial charge >= 0.3 is 6.09 Å². The fourth-order valence-corrected chi connectivity index (χ4v) is 1.94. The largest absolute Gasteiger partial charge is 0.491 e. The molecule has 0 saturated heterocycles. The lowest BCUT2D eigenvalue weighted by Gasteiger charge is -2.19. The molecule has 0 spiro atoms. The number of hydrogen-bond acceptors (Lipinski definition) is 5. The smallest absolute Gasteiger partial charge is 0.407 e. The highest BCUT2D eigenvalue weighted by atomic mass is 16.6. The third-order valence-corrected chi connectivity index (χ3v) is 3.03. The van der Waals surface area contributed by atoms with Crippen LogP contribution in [-0.4, -0.2) is 24.8 Å². The molecule has 1 rings (SSSR count). The van der Waals surface area contributed by atoms with E-state index in [4.69, 9.17) is 20.9 Å². The van der Waals surface area contributed by atoms with E-state index in [9.17, 15) is 4.79 Å². The van der Waals surface area contributed by atoms with Crippen LogP contribution >= 0.6 is 0 Å². The van der Waals surface area contributed by atoms with Crippen LogP contribution in [0, 0.1) is 0 Å². The Morgan fingerprint density at radius 2 is 1.83 bits per heavy atom. The van der Waals surface area contributed by atoms with Crippen LogP contribution in [0.15, 0.2) is 18.2 Å². The first-order chi connectivity index (χ1) is 10.8. The lowest BCUT2D eigenvalue weighted by molar-refractivity contribution is 0.0527. The summed E-state index contributed by atoms with van der Waals surface area (Å²) >= 11 is 0. The van der Waals surface area contributed by atoms with Gasteiger partial charge in [0.15, 0.2) is 0 Å². The van der Waals surface area contributed by atoms with Gasteiger partial charge in [-0.2, -0.15) is 0 Å². The summed E-state index contributed by atoms with van der Waals surface area (Å²) in [5.74, 6) is 0.636. The summed E-state index contributed by atoms with van der Waals surface area (Å²) in [6.45, 7) is 6.77. The standard InChI is InChI=1S/C17H29N3O3/c1-17(2,3)23-16(21)20-10-6-4-5-7-11-22-15-12-13(18)8-9-14(15)19/h8-9,12H,4-7,10-11,18-19H2,1-3H3,(H,20,21). The molecule has 6 nitrogen and oxygen atoms in total. The predicted octanol–water partition coefficient (Wildman–Crippen LogP) is 3.31. The third-order valence-electron chi connectivity index (χ3n) is 3.03. The van der Waals surface area contributed by atoms with Gasteiger partial charge in [-0.15, -0.1) is 0 Å². The number of benzene rings is 1. The zero-order chi connectivity index (χ0) is 17.3. The minimum absolute atomic E-state index is 0.363. The predicted molar refractivity (Wildman–Crippen MR) is 93.5 cm³/mol. The first-order valence-corrected chi connectivity index (χ1v) is 8.02. The number of amides is 1. The van der Waals surface area contributed by atoms with Crippen molar-refractivity contribution < 1.29 is 14.3 Å². The van der Waals surface area contributed by atoms with Gasteiger partial charge in [0.25, 0.3) is 0 Å². The Morgan fingerprint density at radius 1 is 1.13 bits per heavy atom. The van der Waals surface area contributed by atoms with Crippen molar-refractivity contribution in [2.45, 2.75) is 52.1 Å². The molecule has 0 aromatic heterocycles. The molecule has 0 heterocycles. The topological polar surface area (TPSA) is 99.6 Å². The average Bonchev–Trinajstić information content (AvgIpc) is 2.43. The van der Waals surface area contributed by atoms with Crippen LogP contribution < -0.4 is 21.5 Å². The molecule has 0 aliphatic rings. The number of nitrogens with two attached hydrogens (primary N) is 2. The Balaban J connectivity index is 2.04. The molecule has 6 heteroatoms. The van der Waals surface area contributed by atoms with Crippen molar-refractivity contribution >= 4 is 17.5 Å². The zero-order valence-electron chi connectivity index (χ0n) is 14.4. The summed E-state index contributed by atoms with van der Waals surface area (Å²) in [6, 6.07) is 5.23. The molecular formula is C17H29N3O3. The number of rotatable bonds is 8. The summed E-state index contributed by atoms with van der Waals surface area (Å²) in [6.07, 6.45) is 3.53. The lowest BCUT2D eigenvalue weighted by Crippen LogP contribution is -2.32. The molecule has 0 bridgehead atoms. The molecule has 5 N–H and O–H groups in total. The normalized spacial score (nSPS) is 11.1. The highest BCUT2D eigenvalue weighted by Crippen LogP contribution is 2.24. The molecule has 0 saturated carbocycles. The summed E-state index contributed by atoms with van der Waals surface area (Å²) < 4.78 is 10.8. The van der Waals surface area contributed by atoms with Gasteiger partial charge in [0, 0.05) is 18.3 Å². The maximum absolute atomic E-state index is 11.4. The monoisotopic (exact) mass is 323 g/mol. The molecular weight excluding hydrogens is 294 g/mol. The van der Waals surface area contributed by atoms with Crippen molar-refractivity contribution in [1.82, 2.24) is 5.32 Å². The Bertz CT molecular complexity index is 498. The minimum atomic E-state index is -0.454.